The van der Waals surface area contributed by atoms with Crippen molar-refractivity contribution in [2.24, 2.45) is 0 Å². The SMILES string of the molecule is CC1CN(CC(=O)N2CC(C)(C(=O)NCC=O)c3ccc(Cc4ccc(F)cc4)cc32)[C@@H](CN2CCOCC2C)CN1C=O. The molecule has 2 aromatic rings. The minimum absolute atomic E-state index is 0.0462. The van der Waals surface area contributed by atoms with E-state index in [4.69, 9.17) is 4.74 Å². The molecule has 3 heterocycles. The van der Waals surface area contributed by atoms with Gasteiger partial charge in [0.05, 0.1) is 31.7 Å². The summed E-state index contributed by atoms with van der Waals surface area (Å²) in [4.78, 5) is 58.5. The second kappa shape index (κ2) is 13.5. The molecule has 11 heteroatoms. The second-order valence-corrected chi connectivity index (χ2v) is 12.5. The third kappa shape index (κ3) is 6.69. The Hall–Kier alpha value is -3.67. The van der Waals surface area contributed by atoms with Crippen LogP contribution < -0.4 is 10.2 Å². The molecule has 3 unspecified atom stereocenters. The summed E-state index contributed by atoms with van der Waals surface area (Å²) in [5, 5.41) is 2.68. The van der Waals surface area contributed by atoms with Gasteiger partial charge in [0.2, 0.25) is 18.2 Å². The lowest BCUT2D eigenvalue weighted by atomic mass is 9.83. The number of nitrogens with zero attached hydrogens (tertiary/aromatic N) is 4. The monoisotopic (exact) mass is 607 g/mol. The molecule has 0 aromatic heterocycles. The Morgan fingerprint density at radius 2 is 1.80 bits per heavy atom. The van der Waals surface area contributed by atoms with Crippen molar-refractivity contribution >= 4 is 30.2 Å². The van der Waals surface area contributed by atoms with Crippen LogP contribution >= 0.6 is 0 Å². The number of carbonyl (C=O) groups is 4. The summed E-state index contributed by atoms with van der Waals surface area (Å²) in [6, 6.07) is 12.2. The Kier molecular flexibility index (Phi) is 9.77. The van der Waals surface area contributed by atoms with Gasteiger partial charge in [-0.05, 0) is 62.1 Å². The molecule has 3 amide bonds. The molecule has 0 saturated carbocycles. The van der Waals surface area contributed by atoms with Crippen LogP contribution in [0.4, 0.5) is 10.1 Å². The van der Waals surface area contributed by atoms with E-state index in [1.807, 2.05) is 25.1 Å². The van der Waals surface area contributed by atoms with Crippen LogP contribution in [0.3, 0.4) is 0 Å². The minimum atomic E-state index is -1.05. The summed E-state index contributed by atoms with van der Waals surface area (Å²) in [5.41, 5.74) is 2.19. The Balaban J connectivity index is 1.42. The molecule has 0 bridgehead atoms. The molecule has 0 radical (unpaired) electrons. The van der Waals surface area contributed by atoms with Gasteiger partial charge in [-0.25, -0.2) is 4.39 Å². The summed E-state index contributed by atoms with van der Waals surface area (Å²) >= 11 is 0. The number of benzene rings is 2. The highest BCUT2D eigenvalue weighted by molar-refractivity contribution is 6.03. The number of carbonyl (C=O) groups excluding carboxylic acids is 4. The number of ether oxygens (including phenoxy) is 1. The van der Waals surface area contributed by atoms with Crippen molar-refractivity contribution in [1.82, 2.24) is 20.0 Å². The van der Waals surface area contributed by atoms with Crippen LogP contribution in [-0.2, 0) is 35.8 Å². The second-order valence-electron chi connectivity index (χ2n) is 12.5. The predicted molar refractivity (Wildman–Crippen MR) is 164 cm³/mol. The molecule has 10 nitrogen and oxygen atoms in total. The van der Waals surface area contributed by atoms with Crippen LogP contribution in [0.2, 0.25) is 0 Å². The number of nitrogens with one attached hydrogen (secondary N) is 1. The Bertz CT molecular complexity index is 1370. The van der Waals surface area contributed by atoms with E-state index in [9.17, 15) is 23.6 Å². The first-order valence-electron chi connectivity index (χ1n) is 15.3. The van der Waals surface area contributed by atoms with Gasteiger partial charge in [-0.2, -0.15) is 0 Å². The van der Waals surface area contributed by atoms with E-state index in [1.54, 1.807) is 28.9 Å². The van der Waals surface area contributed by atoms with E-state index in [0.29, 0.717) is 51.2 Å². The number of hydrogen-bond donors (Lipinski definition) is 1. The maximum Gasteiger partial charge on any atom is 0.241 e. The number of aldehydes is 1. The molecule has 0 spiro atoms. The summed E-state index contributed by atoms with van der Waals surface area (Å²) < 4.78 is 19.1. The Morgan fingerprint density at radius 3 is 2.50 bits per heavy atom. The third-order valence-corrected chi connectivity index (χ3v) is 9.32. The number of anilines is 1. The van der Waals surface area contributed by atoms with Gasteiger partial charge in [0, 0.05) is 56.5 Å². The van der Waals surface area contributed by atoms with Gasteiger partial charge in [0.15, 0.2) is 0 Å². The highest BCUT2D eigenvalue weighted by Gasteiger charge is 2.47. The summed E-state index contributed by atoms with van der Waals surface area (Å²) in [6.07, 6.45) is 2.07. The number of halogens is 1. The Morgan fingerprint density at radius 1 is 1.05 bits per heavy atom. The molecule has 3 aliphatic heterocycles. The zero-order valence-electron chi connectivity index (χ0n) is 25.7. The number of piperazine rings is 1. The van der Waals surface area contributed by atoms with E-state index >= 15 is 0 Å². The Labute approximate surface area is 258 Å². The molecule has 2 saturated heterocycles. The first kappa shape index (κ1) is 31.7. The van der Waals surface area contributed by atoms with Crippen molar-refractivity contribution in [3.63, 3.8) is 0 Å². The van der Waals surface area contributed by atoms with Crippen molar-refractivity contribution < 1.29 is 28.3 Å². The molecule has 44 heavy (non-hydrogen) atoms. The maximum atomic E-state index is 14.2. The fraction of sp³-hybridized carbons (Fsp3) is 0.515. The number of morpholine rings is 1. The first-order chi connectivity index (χ1) is 21.1. The van der Waals surface area contributed by atoms with Crippen LogP contribution in [0.1, 0.15) is 37.5 Å². The molecule has 2 fully saturated rings. The largest absolute Gasteiger partial charge is 0.379 e. The van der Waals surface area contributed by atoms with Crippen LogP contribution in [0, 0.1) is 5.82 Å². The normalized spacial score (nSPS) is 25.9. The fourth-order valence-electron chi connectivity index (χ4n) is 6.66. The molecular weight excluding hydrogens is 565 g/mol. The van der Waals surface area contributed by atoms with Crippen molar-refractivity contribution in [3.8, 4) is 0 Å². The maximum absolute atomic E-state index is 14.2. The molecule has 2 aromatic carbocycles. The van der Waals surface area contributed by atoms with E-state index in [2.05, 4.69) is 22.0 Å². The van der Waals surface area contributed by atoms with Crippen molar-refractivity contribution in [2.45, 2.75) is 50.7 Å². The summed E-state index contributed by atoms with van der Waals surface area (Å²) in [5.74, 6) is -0.759. The number of amides is 3. The highest BCUT2D eigenvalue weighted by Crippen LogP contribution is 2.42. The molecular formula is C33H42FN5O5. The molecule has 4 atom stereocenters. The lowest BCUT2D eigenvalue weighted by Gasteiger charge is -2.46. The van der Waals surface area contributed by atoms with Gasteiger partial charge in [-0.1, -0.05) is 24.3 Å². The highest BCUT2D eigenvalue weighted by atomic mass is 19.1. The molecule has 236 valence electrons. The number of hydrogen-bond acceptors (Lipinski definition) is 7. The van der Waals surface area contributed by atoms with Gasteiger partial charge in [0.1, 0.15) is 12.1 Å². The lowest BCUT2D eigenvalue weighted by molar-refractivity contribution is -0.127. The molecule has 1 N–H and O–H groups in total. The van der Waals surface area contributed by atoms with Crippen molar-refractivity contribution in [3.05, 3.63) is 65.0 Å². The third-order valence-electron chi connectivity index (χ3n) is 9.32. The predicted octanol–water partition coefficient (Wildman–Crippen LogP) is 1.59. The zero-order chi connectivity index (χ0) is 31.4. The van der Waals surface area contributed by atoms with E-state index in [1.165, 1.54) is 12.1 Å². The average Bonchev–Trinajstić information content (AvgIpc) is 3.32. The average molecular weight is 608 g/mol. The topological polar surface area (TPSA) is 102 Å². The molecule has 3 aliphatic rings. The smallest absolute Gasteiger partial charge is 0.241 e. The summed E-state index contributed by atoms with van der Waals surface area (Å²) in [6.45, 7) is 9.94. The van der Waals surface area contributed by atoms with Crippen LogP contribution in [0.15, 0.2) is 42.5 Å². The van der Waals surface area contributed by atoms with E-state index in [0.717, 1.165) is 29.6 Å². The van der Waals surface area contributed by atoms with Crippen molar-refractivity contribution in [2.75, 3.05) is 63.9 Å². The van der Waals surface area contributed by atoms with Gasteiger partial charge in [-0.15, -0.1) is 0 Å². The number of fused-ring (bicyclic) bond motifs is 1. The quantitative estimate of drug-likeness (QED) is 0.410. The van der Waals surface area contributed by atoms with Crippen LogP contribution in [-0.4, -0.2) is 116 Å². The minimum Gasteiger partial charge on any atom is -0.379 e. The van der Waals surface area contributed by atoms with E-state index in [-0.39, 0.29) is 55.4 Å². The number of rotatable bonds is 10. The van der Waals surface area contributed by atoms with Gasteiger partial charge in [-0.3, -0.25) is 24.2 Å². The lowest BCUT2D eigenvalue weighted by Crippen LogP contribution is -2.63. The fourth-order valence-corrected chi connectivity index (χ4v) is 6.66. The van der Waals surface area contributed by atoms with Gasteiger partial charge in [0.25, 0.3) is 0 Å². The summed E-state index contributed by atoms with van der Waals surface area (Å²) in [7, 11) is 0. The van der Waals surface area contributed by atoms with Gasteiger partial charge < -0.3 is 24.6 Å². The first-order valence-corrected chi connectivity index (χ1v) is 15.3. The van der Waals surface area contributed by atoms with Crippen molar-refractivity contribution in [1.29, 1.82) is 0 Å². The van der Waals surface area contributed by atoms with Gasteiger partial charge >= 0.3 is 0 Å². The molecule has 0 aliphatic carbocycles. The standard InChI is InChI=1S/C33H42FN5O5/c1-23-16-37(28(18-38(23)22-41)17-36-11-13-44-20-24(36)2)19-31(42)39-21-33(3,32(43)35-10-12-40)29-9-6-26(15-30(29)39)14-25-4-7-27(34)8-5-25/h4-9,12,15,22-24,28H,10-11,13-14,16-21H2,1-3H3,(H,35,43)/t23?,24?,28-,33?/m0/s1. The molecule has 5 rings (SSSR count). The van der Waals surface area contributed by atoms with Crippen LogP contribution in [0.5, 0.6) is 0 Å². The van der Waals surface area contributed by atoms with E-state index < -0.39 is 5.41 Å². The zero-order valence-corrected chi connectivity index (χ0v) is 25.7. The van der Waals surface area contributed by atoms with Crippen LogP contribution in [0.25, 0.3) is 0 Å².